The van der Waals surface area contributed by atoms with Gasteiger partial charge in [-0.1, -0.05) is 0 Å². The first kappa shape index (κ1) is 9.52. The summed E-state index contributed by atoms with van der Waals surface area (Å²) in [5.74, 6) is 0.159. The molecule has 0 aromatic heterocycles. The number of hydrogen-bond acceptors (Lipinski definition) is 2. The van der Waals surface area contributed by atoms with Gasteiger partial charge in [-0.15, -0.1) is 11.6 Å². The van der Waals surface area contributed by atoms with Crippen LogP contribution in [0.1, 0.15) is 25.7 Å². The Morgan fingerprint density at radius 1 is 1.50 bits per heavy atom. The van der Waals surface area contributed by atoms with E-state index in [1.165, 1.54) is 0 Å². The molecule has 0 aromatic rings. The van der Waals surface area contributed by atoms with E-state index in [4.69, 9.17) is 11.6 Å². The van der Waals surface area contributed by atoms with Crippen molar-refractivity contribution in [2.75, 3.05) is 5.88 Å². The van der Waals surface area contributed by atoms with Gasteiger partial charge in [0, 0.05) is 18.9 Å². The van der Waals surface area contributed by atoms with E-state index in [0.29, 0.717) is 18.6 Å². The van der Waals surface area contributed by atoms with Crippen LogP contribution in [0.5, 0.6) is 0 Å². The molecule has 0 aromatic carbocycles. The molecule has 1 amide bonds. The molecule has 0 radical (unpaired) electrons. The number of ketones is 1. The maximum absolute atomic E-state index is 10.8. The van der Waals surface area contributed by atoms with Gasteiger partial charge in [-0.05, 0) is 12.8 Å². The van der Waals surface area contributed by atoms with Crippen molar-refractivity contribution in [1.29, 1.82) is 0 Å². The molecule has 0 atom stereocenters. The lowest BCUT2D eigenvalue weighted by atomic mass is 9.94. The van der Waals surface area contributed by atoms with E-state index in [1.54, 1.807) is 0 Å². The molecule has 0 heterocycles. The molecule has 1 aliphatic carbocycles. The average molecular weight is 190 g/mol. The van der Waals surface area contributed by atoms with Gasteiger partial charge in [-0.3, -0.25) is 9.59 Å². The average Bonchev–Trinajstić information content (AvgIpc) is 2.09. The lowest BCUT2D eigenvalue weighted by Gasteiger charge is -2.21. The van der Waals surface area contributed by atoms with Crippen LogP contribution in [0.25, 0.3) is 0 Å². The van der Waals surface area contributed by atoms with E-state index < -0.39 is 0 Å². The van der Waals surface area contributed by atoms with Crippen molar-refractivity contribution in [2.24, 2.45) is 0 Å². The first-order valence-electron chi connectivity index (χ1n) is 4.09. The lowest BCUT2D eigenvalue weighted by Crippen LogP contribution is -2.38. The maximum atomic E-state index is 10.8. The summed E-state index contributed by atoms with van der Waals surface area (Å²) < 4.78 is 0. The van der Waals surface area contributed by atoms with Gasteiger partial charge in [-0.2, -0.15) is 0 Å². The Hall–Kier alpha value is -0.570. The molecule has 1 rings (SSSR count). The molecule has 4 heteroatoms. The minimum absolute atomic E-state index is 0.00441. The fraction of sp³-hybridized carbons (Fsp3) is 0.750. The number of Topliss-reactive ketones (excluding diaryl/α,β-unsaturated/α-hetero) is 1. The van der Waals surface area contributed by atoms with Crippen LogP contribution in [-0.4, -0.2) is 23.6 Å². The second-order valence-electron chi connectivity index (χ2n) is 3.01. The molecule has 1 aliphatic rings. The maximum Gasteiger partial charge on any atom is 0.235 e. The first-order valence-corrected chi connectivity index (χ1v) is 4.63. The van der Waals surface area contributed by atoms with Crippen LogP contribution in [0, 0.1) is 0 Å². The zero-order valence-electron chi connectivity index (χ0n) is 6.81. The largest absolute Gasteiger partial charge is 0.352 e. The van der Waals surface area contributed by atoms with Gasteiger partial charge in [0.15, 0.2) is 0 Å². The summed E-state index contributed by atoms with van der Waals surface area (Å²) in [5, 5.41) is 2.77. The Bertz CT molecular complexity index is 183. The van der Waals surface area contributed by atoms with Crippen molar-refractivity contribution in [2.45, 2.75) is 31.7 Å². The summed E-state index contributed by atoms with van der Waals surface area (Å²) in [7, 11) is 0. The molecule has 1 fully saturated rings. The predicted molar refractivity (Wildman–Crippen MR) is 46.1 cm³/mol. The van der Waals surface area contributed by atoms with Crippen LogP contribution in [0.4, 0.5) is 0 Å². The summed E-state index contributed by atoms with van der Waals surface area (Å²) in [6, 6.07) is 0.161. The Balaban J connectivity index is 2.26. The number of nitrogens with one attached hydrogen (secondary N) is 1. The molecule has 1 N–H and O–H groups in total. The Labute approximate surface area is 76.5 Å². The zero-order chi connectivity index (χ0) is 8.97. The third kappa shape index (κ3) is 2.81. The smallest absolute Gasteiger partial charge is 0.235 e. The third-order valence-corrected chi connectivity index (χ3v) is 2.27. The summed E-state index contributed by atoms with van der Waals surface area (Å²) >= 11 is 5.32. The van der Waals surface area contributed by atoms with Gasteiger partial charge in [-0.25, -0.2) is 0 Å². The normalized spacial score (nSPS) is 19.2. The van der Waals surface area contributed by atoms with E-state index in [9.17, 15) is 9.59 Å². The number of hydrogen-bond donors (Lipinski definition) is 1. The van der Waals surface area contributed by atoms with Crippen molar-refractivity contribution < 1.29 is 9.59 Å². The molecule has 12 heavy (non-hydrogen) atoms. The van der Waals surface area contributed by atoms with Crippen LogP contribution in [-0.2, 0) is 9.59 Å². The van der Waals surface area contributed by atoms with E-state index in [-0.39, 0.29) is 17.8 Å². The molecular weight excluding hydrogens is 178 g/mol. The highest BCUT2D eigenvalue weighted by Gasteiger charge is 2.19. The fourth-order valence-corrected chi connectivity index (χ4v) is 1.43. The Kier molecular flexibility index (Phi) is 3.53. The van der Waals surface area contributed by atoms with Crippen molar-refractivity contribution in [3.8, 4) is 0 Å². The number of halogens is 1. The van der Waals surface area contributed by atoms with Crippen LogP contribution >= 0.6 is 11.6 Å². The van der Waals surface area contributed by atoms with E-state index in [0.717, 1.165) is 12.8 Å². The van der Waals surface area contributed by atoms with Crippen LogP contribution in [0.15, 0.2) is 0 Å². The van der Waals surface area contributed by atoms with E-state index in [1.807, 2.05) is 0 Å². The van der Waals surface area contributed by atoms with Gasteiger partial charge >= 0.3 is 0 Å². The van der Waals surface area contributed by atoms with Crippen LogP contribution in [0.3, 0.4) is 0 Å². The van der Waals surface area contributed by atoms with E-state index in [2.05, 4.69) is 5.32 Å². The topological polar surface area (TPSA) is 46.2 Å². The van der Waals surface area contributed by atoms with Gasteiger partial charge < -0.3 is 5.32 Å². The molecule has 3 nitrogen and oxygen atoms in total. The number of carbonyl (C=O) groups excluding carboxylic acids is 2. The molecule has 0 bridgehead atoms. The number of rotatable bonds is 2. The molecule has 0 aliphatic heterocycles. The Morgan fingerprint density at radius 3 is 2.58 bits per heavy atom. The van der Waals surface area contributed by atoms with E-state index >= 15 is 0 Å². The van der Waals surface area contributed by atoms with Gasteiger partial charge in [0.25, 0.3) is 0 Å². The van der Waals surface area contributed by atoms with Gasteiger partial charge in [0.05, 0.1) is 0 Å². The zero-order valence-corrected chi connectivity index (χ0v) is 7.56. The Morgan fingerprint density at radius 2 is 2.08 bits per heavy atom. The molecular formula is C8H12ClNO2. The molecule has 0 unspecified atom stereocenters. The number of alkyl halides is 1. The summed E-state index contributed by atoms with van der Waals surface area (Å²) in [6.45, 7) is 0. The van der Waals surface area contributed by atoms with Crippen molar-refractivity contribution in [3.63, 3.8) is 0 Å². The lowest BCUT2D eigenvalue weighted by molar-refractivity contribution is -0.123. The minimum atomic E-state index is -0.143. The van der Waals surface area contributed by atoms with Crippen molar-refractivity contribution in [1.82, 2.24) is 5.32 Å². The number of amides is 1. The third-order valence-electron chi connectivity index (χ3n) is 2.03. The standard InChI is InChI=1S/C8H12ClNO2/c9-5-8(12)10-6-1-3-7(11)4-2-6/h6H,1-5H2,(H,10,12). The highest BCUT2D eigenvalue weighted by atomic mass is 35.5. The number of carbonyl (C=O) groups is 2. The predicted octanol–water partition coefficient (Wildman–Crippen LogP) is 0.853. The molecule has 0 saturated heterocycles. The molecule has 0 spiro atoms. The summed E-state index contributed by atoms with van der Waals surface area (Å²) in [5.41, 5.74) is 0. The van der Waals surface area contributed by atoms with Crippen LogP contribution in [0.2, 0.25) is 0 Å². The SMILES string of the molecule is O=C1CCC(NC(=O)CCl)CC1. The minimum Gasteiger partial charge on any atom is -0.352 e. The van der Waals surface area contributed by atoms with Crippen molar-refractivity contribution in [3.05, 3.63) is 0 Å². The van der Waals surface area contributed by atoms with Crippen LogP contribution < -0.4 is 5.32 Å². The highest BCUT2D eigenvalue weighted by Crippen LogP contribution is 2.14. The van der Waals surface area contributed by atoms with Gasteiger partial charge in [0.1, 0.15) is 11.7 Å². The quantitative estimate of drug-likeness (QED) is 0.655. The second-order valence-corrected chi connectivity index (χ2v) is 3.28. The van der Waals surface area contributed by atoms with Crippen molar-refractivity contribution >= 4 is 23.3 Å². The summed E-state index contributed by atoms with van der Waals surface area (Å²) in [4.78, 5) is 21.7. The first-order chi connectivity index (χ1) is 5.72. The second kappa shape index (κ2) is 4.45. The fourth-order valence-electron chi connectivity index (χ4n) is 1.35. The summed E-state index contributed by atoms with van der Waals surface area (Å²) in [6.07, 6.45) is 2.71. The molecule has 1 saturated carbocycles. The molecule has 68 valence electrons. The monoisotopic (exact) mass is 189 g/mol. The van der Waals surface area contributed by atoms with Gasteiger partial charge in [0.2, 0.25) is 5.91 Å². The highest BCUT2D eigenvalue weighted by molar-refractivity contribution is 6.27.